The maximum absolute atomic E-state index is 5.15. The van der Waals surface area contributed by atoms with E-state index in [1.54, 1.807) is 7.11 Å². The minimum Gasteiger partial charge on any atom is -0.383 e. The van der Waals surface area contributed by atoms with Crippen LogP contribution in [-0.4, -0.2) is 36.6 Å². The van der Waals surface area contributed by atoms with Gasteiger partial charge >= 0.3 is 0 Å². The number of aromatic nitrogens is 2. The molecular formula is C13H23N3O. The van der Waals surface area contributed by atoms with Crippen molar-refractivity contribution >= 4 is 0 Å². The summed E-state index contributed by atoms with van der Waals surface area (Å²) in [4.78, 5) is 0. The van der Waals surface area contributed by atoms with Gasteiger partial charge in [-0.2, -0.15) is 5.10 Å². The Morgan fingerprint density at radius 3 is 3.12 bits per heavy atom. The molecule has 4 heteroatoms. The van der Waals surface area contributed by atoms with Crippen molar-refractivity contribution in [2.45, 2.75) is 32.7 Å². The molecule has 1 aromatic rings. The fraction of sp³-hybridized carbons (Fsp3) is 0.769. The van der Waals surface area contributed by atoms with E-state index in [2.05, 4.69) is 28.9 Å². The van der Waals surface area contributed by atoms with Crippen molar-refractivity contribution in [2.75, 3.05) is 26.8 Å². The Hall–Kier alpha value is -0.870. The van der Waals surface area contributed by atoms with Gasteiger partial charge in [-0.1, -0.05) is 6.92 Å². The molecule has 0 saturated carbocycles. The van der Waals surface area contributed by atoms with Crippen LogP contribution >= 0.6 is 0 Å². The van der Waals surface area contributed by atoms with Crippen molar-refractivity contribution in [3.63, 3.8) is 0 Å². The number of rotatable bonds is 4. The van der Waals surface area contributed by atoms with E-state index in [9.17, 15) is 0 Å². The van der Waals surface area contributed by atoms with E-state index in [1.165, 1.54) is 17.7 Å². The van der Waals surface area contributed by atoms with Crippen LogP contribution in [-0.2, 0) is 11.3 Å². The number of methoxy groups -OCH3 is 1. The maximum atomic E-state index is 5.15. The molecule has 0 aliphatic carbocycles. The predicted molar refractivity (Wildman–Crippen MR) is 68.2 cm³/mol. The predicted octanol–water partition coefficient (Wildman–Crippen LogP) is 1.55. The van der Waals surface area contributed by atoms with Crippen molar-refractivity contribution in [1.29, 1.82) is 0 Å². The van der Waals surface area contributed by atoms with E-state index in [4.69, 9.17) is 4.74 Å². The van der Waals surface area contributed by atoms with Crippen LogP contribution in [0.2, 0.25) is 0 Å². The van der Waals surface area contributed by atoms with Gasteiger partial charge in [-0.05, 0) is 37.9 Å². The Morgan fingerprint density at radius 2 is 2.41 bits per heavy atom. The van der Waals surface area contributed by atoms with E-state index in [0.717, 1.165) is 26.2 Å². The number of nitrogens with one attached hydrogen (secondary N) is 1. The molecule has 0 unspecified atom stereocenters. The Bertz CT molecular complexity index is 362. The number of ether oxygens (including phenoxy) is 1. The average molecular weight is 237 g/mol. The summed E-state index contributed by atoms with van der Waals surface area (Å²) >= 11 is 0. The number of hydrogen-bond donors (Lipinski definition) is 1. The quantitative estimate of drug-likeness (QED) is 0.863. The van der Waals surface area contributed by atoms with Gasteiger partial charge in [0.05, 0.1) is 19.3 Å². The summed E-state index contributed by atoms with van der Waals surface area (Å²) < 4.78 is 7.28. The molecule has 0 aromatic carbocycles. The summed E-state index contributed by atoms with van der Waals surface area (Å²) in [5.41, 5.74) is 2.73. The zero-order chi connectivity index (χ0) is 12.3. The summed E-state index contributed by atoms with van der Waals surface area (Å²) in [6.45, 7) is 8.30. The maximum Gasteiger partial charge on any atom is 0.0658 e. The molecule has 96 valence electrons. The Kier molecular flexibility index (Phi) is 4.18. The Morgan fingerprint density at radius 1 is 1.59 bits per heavy atom. The van der Waals surface area contributed by atoms with Gasteiger partial charge in [0, 0.05) is 18.7 Å². The lowest BCUT2D eigenvalue weighted by Gasteiger charge is -2.30. The molecule has 2 rings (SSSR count). The molecule has 2 atom stereocenters. The first kappa shape index (κ1) is 12.6. The lowest BCUT2D eigenvalue weighted by molar-refractivity contribution is 0.180. The summed E-state index contributed by atoms with van der Waals surface area (Å²) in [5, 5.41) is 7.93. The molecule has 0 amide bonds. The standard InChI is InChI=1S/C13H23N3O/c1-10-8-14-5-4-12(10)13-11(2)9-15-16(13)6-7-17-3/h9-10,12,14H,4-8H2,1-3H3/t10-,12-/m1/s1. The van der Waals surface area contributed by atoms with Crippen LogP contribution in [0.15, 0.2) is 6.20 Å². The minimum atomic E-state index is 0.635. The molecule has 1 aromatic heterocycles. The highest BCUT2D eigenvalue weighted by molar-refractivity contribution is 5.21. The van der Waals surface area contributed by atoms with Gasteiger partial charge < -0.3 is 10.1 Å². The number of piperidine rings is 1. The Labute approximate surface area is 103 Å². The molecule has 1 aliphatic rings. The monoisotopic (exact) mass is 237 g/mol. The van der Waals surface area contributed by atoms with Gasteiger partial charge in [0.2, 0.25) is 0 Å². The fourth-order valence-corrected chi connectivity index (χ4v) is 2.75. The summed E-state index contributed by atoms with van der Waals surface area (Å²) in [6, 6.07) is 0. The molecule has 1 aliphatic heterocycles. The molecule has 4 nitrogen and oxygen atoms in total. The van der Waals surface area contributed by atoms with Gasteiger partial charge in [0.25, 0.3) is 0 Å². The van der Waals surface area contributed by atoms with Crippen molar-refractivity contribution in [3.05, 3.63) is 17.5 Å². The van der Waals surface area contributed by atoms with Crippen LogP contribution in [0.3, 0.4) is 0 Å². The van der Waals surface area contributed by atoms with Crippen LogP contribution in [0, 0.1) is 12.8 Å². The summed E-state index contributed by atoms with van der Waals surface area (Å²) in [7, 11) is 1.74. The summed E-state index contributed by atoms with van der Waals surface area (Å²) in [6.07, 6.45) is 3.19. The first-order chi connectivity index (χ1) is 8.24. The van der Waals surface area contributed by atoms with E-state index in [-0.39, 0.29) is 0 Å². The third-order valence-electron chi connectivity index (χ3n) is 3.72. The van der Waals surface area contributed by atoms with Crippen LogP contribution < -0.4 is 5.32 Å². The number of nitrogens with zero attached hydrogens (tertiary/aromatic N) is 2. The molecule has 0 spiro atoms. The van der Waals surface area contributed by atoms with Crippen molar-refractivity contribution < 1.29 is 4.74 Å². The van der Waals surface area contributed by atoms with Gasteiger partial charge in [0.15, 0.2) is 0 Å². The first-order valence-electron chi connectivity index (χ1n) is 6.46. The third kappa shape index (κ3) is 2.69. The first-order valence-corrected chi connectivity index (χ1v) is 6.46. The van der Waals surface area contributed by atoms with Crippen LogP contribution in [0.1, 0.15) is 30.5 Å². The zero-order valence-electron chi connectivity index (χ0n) is 11.1. The second-order valence-electron chi connectivity index (χ2n) is 5.01. The summed E-state index contributed by atoms with van der Waals surface area (Å²) in [5.74, 6) is 1.32. The highest BCUT2D eigenvalue weighted by atomic mass is 16.5. The second-order valence-corrected chi connectivity index (χ2v) is 5.01. The van der Waals surface area contributed by atoms with Crippen molar-refractivity contribution in [3.8, 4) is 0 Å². The Balaban J connectivity index is 2.19. The van der Waals surface area contributed by atoms with E-state index in [1.807, 2.05) is 6.20 Å². The van der Waals surface area contributed by atoms with Crippen LogP contribution in [0.25, 0.3) is 0 Å². The van der Waals surface area contributed by atoms with Crippen LogP contribution in [0.5, 0.6) is 0 Å². The van der Waals surface area contributed by atoms with E-state index in [0.29, 0.717) is 11.8 Å². The lowest BCUT2D eigenvalue weighted by atomic mass is 9.84. The lowest BCUT2D eigenvalue weighted by Crippen LogP contribution is -2.35. The minimum absolute atomic E-state index is 0.635. The van der Waals surface area contributed by atoms with Crippen molar-refractivity contribution in [1.82, 2.24) is 15.1 Å². The van der Waals surface area contributed by atoms with Crippen LogP contribution in [0.4, 0.5) is 0 Å². The van der Waals surface area contributed by atoms with Gasteiger partial charge in [-0.15, -0.1) is 0 Å². The largest absolute Gasteiger partial charge is 0.383 e. The number of aryl methyl sites for hydroxylation is 1. The fourth-order valence-electron chi connectivity index (χ4n) is 2.75. The SMILES string of the molecule is COCCn1ncc(C)c1[C@@H]1CCNC[C@H]1C. The molecular weight excluding hydrogens is 214 g/mol. The van der Waals surface area contributed by atoms with Crippen molar-refractivity contribution in [2.24, 2.45) is 5.92 Å². The van der Waals surface area contributed by atoms with Gasteiger partial charge in [-0.3, -0.25) is 4.68 Å². The molecule has 17 heavy (non-hydrogen) atoms. The second kappa shape index (κ2) is 5.65. The third-order valence-corrected chi connectivity index (χ3v) is 3.72. The molecule has 1 N–H and O–H groups in total. The molecule has 1 fully saturated rings. The topological polar surface area (TPSA) is 39.1 Å². The highest BCUT2D eigenvalue weighted by Gasteiger charge is 2.27. The average Bonchev–Trinajstić information content (AvgIpc) is 2.69. The smallest absolute Gasteiger partial charge is 0.0658 e. The van der Waals surface area contributed by atoms with Gasteiger partial charge in [0.1, 0.15) is 0 Å². The van der Waals surface area contributed by atoms with E-state index >= 15 is 0 Å². The molecule has 0 bridgehead atoms. The normalized spacial score (nSPS) is 25.1. The molecule has 2 heterocycles. The molecule has 1 saturated heterocycles. The van der Waals surface area contributed by atoms with Gasteiger partial charge in [-0.25, -0.2) is 0 Å². The zero-order valence-corrected chi connectivity index (χ0v) is 11.1. The molecule has 0 radical (unpaired) electrons. The van der Waals surface area contributed by atoms with E-state index < -0.39 is 0 Å². The highest BCUT2D eigenvalue weighted by Crippen LogP contribution is 2.31. The number of hydrogen-bond acceptors (Lipinski definition) is 3.